The van der Waals surface area contributed by atoms with Crippen LogP contribution in [-0.4, -0.2) is 33.4 Å². The minimum Gasteiger partial charge on any atom is -0.298 e. The van der Waals surface area contributed by atoms with Crippen molar-refractivity contribution in [1.29, 1.82) is 0 Å². The van der Waals surface area contributed by atoms with E-state index >= 15 is 0 Å². The Morgan fingerprint density at radius 3 is 2.70 bits per heavy atom. The molecule has 0 radical (unpaired) electrons. The van der Waals surface area contributed by atoms with Crippen molar-refractivity contribution in [2.45, 2.75) is 10.8 Å². The first-order valence-electron chi connectivity index (χ1n) is 8.21. The van der Waals surface area contributed by atoms with Crippen LogP contribution in [0.2, 0.25) is 0 Å². The third kappa shape index (κ3) is 4.50. The number of nitrogens with one attached hydrogen (secondary N) is 1. The van der Waals surface area contributed by atoms with Crippen molar-refractivity contribution in [3.05, 3.63) is 78.0 Å². The van der Waals surface area contributed by atoms with Crippen LogP contribution in [-0.2, 0) is 15.3 Å². The number of hydrogen-bond donors (Lipinski definition) is 1. The van der Waals surface area contributed by atoms with Crippen molar-refractivity contribution in [2.75, 3.05) is 6.54 Å². The van der Waals surface area contributed by atoms with Gasteiger partial charge in [0.05, 0.1) is 0 Å². The number of carbonyl (C=O) groups excluding carboxylic acids is 2. The minimum atomic E-state index is -0.506. The molecule has 0 atom stereocenters. The van der Waals surface area contributed by atoms with Crippen molar-refractivity contribution in [3.63, 3.8) is 0 Å². The van der Waals surface area contributed by atoms with Crippen LogP contribution >= 0.6 is 24.0 Å². The van der Waals surface area contributed by atoms with E-state index in [1.54, 1.807) is 36.2 Å². The van der Waals surface area contributed by atoms with Gasteiger partial charge in [-0.15, -0.1) is 18.3 Å². The molecule has 1 fully saturated rings. The molecule has 0 spiro atoms. The maximum Gasteiger partial charge on any atom is 0.265 e. The molecule has 27 heavy (non-hydrogen) atoms. The molecule has 0 saturated carbocycles. The smallest absolute Gasteiger partial charge is 0.265 e. The lowest BCUT2D eigenvalue weighted by atomic mass is 10.1. The first-order valence-corrected chi connectivity index (χ1v) is 9.61. The molecule has 136 valence electrons. The molecule has 0 bridgehead atoms. The molecule has 0 unspecified atom stereocenters. The van der Waals surface area contributed by atoms with Crippen LogP contribution in [0, 0.1) is 0 Å². The second-order valence-corrected chi connectivity index (χ2v) is 7.04. The van der Waals surface area contributed by atoms with Gasteiger partial charge in [-0.05, 0) is 29.9 Å². The number of thioether (sulfide) groups is 1. The maximum absolute atomic E-state index is 12.7. The molecule has 2 aromatic rings. The van der Waals surface area contributed by atoms with E-state index in [2.05, 4.69) is 16.9 Å². The van der Waals surface area contributed by atoms with Gasteiger partial charge in [0.15, 0.2) is 5.11 Å². The molecule has 1 aliphatic rings. The predicted molar refractivity (Wildman–Crippen MR) is 111 cm³/mol. The van der Waals surface area contributed by atoms with E-state index in [1.165, 1.54) is 10.5 Å². The Kier molecular flexibility index (Phi) is 6.16. The van der Waals surface area contributed by atoms with Gasteiger partial charge in [-0.3, -0.25) is 19.8 Å². The zero-order chi connectivity index (χ0) is 19.2. The van der Waals surface area contributed by atoms with E-state index in [0.29, 0.717) is 5.56 Å². The molecule has 5 nitrogen and oxygen atoms in total. The Bertz CT molecular complexity index is 926. The fraction of sp³-hybridized carbons (Fsp3) is 0.100. The number of carbonyl (C=O) groups is 2. The van der Waals surface area contributed by atoms with E-state index in [-0.39, 0.29) is 17.2 Å². The molecule has 1 aromatic heterocycles. The summed E-state index contributed by atoms with van der Waals surface area (Å²) in [6, 6.07) is 13.6. The lowest BCUT2D eigenvalue weighted by molar-refractivity contribution is -0.128. The van der Waals surface area contributed by atoms with Crippen LogP contribution in [0.1, 0.15) is 11.1 Å². The van der Waals surface area contributed by atoms with Gasteiger partial charge < -0.3 is 0 Å². The first-order chi connectivity index (χ1) is 13.1. The Morgan fingerprint density at radius 1 is 1.19 bits per heavy atom. The Hall–Kier alpha value is -2.77. The Labute approximate surface area is 167 Å². The van der Waals surface area contributed by atoms with Crippen molar-refractivity contribution in [2.24, 2.45) is 0 Å². The minimum absolute atomic E-state index is 0.0278. The van der Waals surface area contributed by atoms with Crippen molar-refractivity contribution >= 4 is 47.0 Å². The second kappa shape index (κ2) is 8.75. The molecule has 7 heteroatoms. The molecule has 1 aliphatic heterocycles. The highest BCUT2D eigenvalue weighted by Gasteiger charge is 2.32. The van der Waals surface area contributed by atoms with Crippen LogP contribution in [0.5, 0.6) is 0 Å². The second-order valence-electron chi connectivity index (χ2n) is 5.69. The zero-order valence-corrected chi connectivity index (χ0v) is 16.1. The maximum atomic E-state index is 12.7. The summed E-state index contributed by atoms with van der Waals surface area (Å²) < 4.78 is 0. The van der Waals surface area contributed by atoms with Crippen molar-refractivity contribution in [1.82, 2.24) is 15.2 Å². The average molecular weight is 396 g/mol. The van der Waals surface area contributed by atoms with E-state index in [0.717, 1.165) is 10.8 Å². The zero-order valence-electron chi connectivity index (χ0n) is 14.4. The molecule has 1 N–H and O–H groups in total. The number of thiocarbonyl (C=S) groups is 1. The molecule has 2 heterocycles. The number of benzene rings is 1. The quantitative estimate of drug-likeness (QED) is 0.268. The van der Waals surface area contributed by atoms with Crippen molar-refractivity contribution < 1.29 is 9.59 Å². The molecular formula is C20H17N3O2S2. The highest BCUT2D eigenvalue weighted by Crippen LogP contribution is 2.26. The fourth-order valence-electron chi connectivity index (χ4n) is 2.50. The van der Waals surface area contributed by atoms with Crippen LogP contribution in [0.15, 0.2) is 71.9 Å². The summed E-state index contributed by atoms with van der Waals surface area (Å²) in [5.74, 6) is -0.208. The van der Waals surface area contributed by atoms with Crippen LogP contribution in [0.4, 0.5) is 0 Å². The van der Waals surface area contributed by atoms with E-state index in [9.17, 15) is 9.59 Å². The molecular weight excluding hydrogens is 378 g/mol. The van der Waals surface area contributed by atoms with Gasteiger partial charge in [0, 0.05) is 24.1 Å². The van der Waals surface area contributed by atoms with E-state index < -0.39 is 11.8 Å². The summed E-state index contributed by atoms with van der Waals surface area (Å²) >= 11 is 6.62. The van der Waals surface area contributed by atoms with E-state index in [4.69, 9.17) is 12.2 Å². The number of amides is 2. The predicted octanol–water partition coefficient (Wildman–Crippen LogP) is 3.19. The van der Waals surface area contributed by atoms with Crippen LogP contribution < -0.4 is 5.32 Å². The number of aromatic nitrogens is 1. The van der Waals surface area contributed by atoms with E-state index in [1.807, 2.05) is 36.4 Å². The van der Waals surface area contributed by atoms with Gasteiger partial charge in [0.25, 0.3) is 11.8 Å². The fourth-order valence-corrected chi connectivity index (χ4v) is 3.68. The molecule has 3 rings (SSSR count). The summed E-state index contributed by atoms with van der Waals surface area (Å²) in [5, 5.41) is 3.38. The Morgan fingerprint density at radius 2 is 1.96 bits per heavy atom. The standard InChI is InChI=1S/C20H17N3O2S2/c1-2-11-23-19(25)16(17(24)22-20(23)26)12-15-9-6-10-21-18(15)27-13-14-7-4-3-5-8-14/h2-10,12H,1,11,13H2,(H,22,24,26)/b16-12+. The highest BCUT2D eigenvalue weighted by molar-refractivity contribution is 7.98. The average Bonchev–Trinajstić information content (AvgIpc) is 2.68. The van der Waals surface area contributed by atoms with Gasteiger partial charge in [-0.1, -0.05) is 42.5 Å². The number of rotatable bonds is 6. The molecule has 1 saturated heterocycles. The number of hydrogen-bond acceptors (Lipinski definition) is 5. The summed E-state index contributed by atoms with van der Waals surface area (Å²) in [6.45, 7) is 3.85. The van der Waals surface area contributed by atoms with Gasteiger partial charge in [0.1, 0.15) is 10.6 Å². The summed E-state index contributed by atoms with van der Waals surface area (Å²) in [7, 11) is 0. The van der Waals surface area contributed by atoms with Crippen LogP contribution in [0.25, 0.3) is 6.08 Å². The summed E-state index contributed by atoms with van der Waals surface area (Å²) in [4.78, 5) is 30.7. The lowest BCUT2D eigenvalue weighted by Crippen LogP contribution is -2.53. The third-order valence-corrected chi connectivity index (χ3v) is 5.23. The topological polar surface area (TPSA) is 62.3 Å². The van der Waals surface area contributed by atoms with Gasteiger partial charge in [0.2, 0.25) is 0 Å². The van der Waals surface area contributed by atoms with Crippen LogP contribution in [0.3, 0.4) is 0 Å². The number of pyridine rings is 1. The van der Waals surface area contributed by atoms with Gasteiger partial charge >= 0.3 is 0 Å². The largest absolute Gasteiger partial charge is 0.298 e. The highest BCUT2D eigenvalue weighted by atomic mass is 32.2. The SMILES string of the molecule is C=CCN1C(=O)/C(=C/c2cccnc2SCc2ccccc2)C(=O)NC1=S. The van der Waals surface area contributed by atoms with Gasteiger partial charge in [-0.2, -0.15) is 0 Å². The van der Waals surface area contributed by atoms with Crippen molar-refractivity contribution in [3.8, 4) is 0 Å². The normalized spacial score (nSPS) is 15.8. The summed E-state index contributed by atoms with van der Waals surface area (Å²) in [5.41, 5.74) is 1.91. The number of nitrogens with zero attached hydrogens (tertiary/aromatic N) is 2. The molecule has 1 aromatic carbocycles. The molecule has 2 amide bonds. The lowest BCUT2D eigenvalue weighted by Gasteiger charge is -2.27. The summed E-state index contributed by atoms with van der Waals surface area (Å²) in [6.07, 6.45) is 4.82. The monoisotopic (exact) mass is 395 g/mol. The Balaban J connectivity index is 1.87. The van der Waals surface area contributed by atoms with Gasteiger partial charge in [-0.25, -0.2) is 4.98 Å². The molecule has 0 aliphatic carbocycles. The first kappa shape index (κ1) is 19.0. The third-order valence-electron chi connectivity index (χ3n) is 3.82.